The molecule has 3 amide bonds. The van der Waals surface area contributed by atoms with Gasteiger partial charge in [-0.05, 0) is 64.1 Å². The fraction of sp³-hybridized carbons (Fsp3) is 0.333. The van der Waals surface area contributed by atoms with Crippen molar-refractivity contribution in [2.45, 2.75) is 38.1 Å². The van der Waals surface area contributed by atoms with E-state index in [4.69, 9.17) is 0 Å². The number of benzene rings is 2. The second-order valence-electron chi connectivity index (χ2n) is 7.31. The zero-order chi connectivity index (χ0) is 23.8. The van der Waals surface area contributed by atoms with E-state index in [2.05, 4.69) is 51.7 Å². The lowest BCUT2D eigenvalue weighted by molar-refractivity contribution is -0.119. The molecule has 0 saturated carbocycles. The van der Waals surface area contributed by atoms with Gasteiger partial charge in [-0.15, -0.1) is 10.2 Å². The molecule has 0 unspecified atom stereocenters. The Kier molecular flexibility index (Phi) is 8.48. The summed E-state index contributed by atoms with van der Waals surface area (Å²) in [5.41, 5.74) is 2.97. The lowest BCUT2D eigenvalue weighted by Crippen LogP contribution is -2.42. The van der Waals surface area contributed by atoms with Crippen LogP contribution >= 0.6 is 11.8 Å². The molecule has 33 heavy (non-hydrogen) atoms. The topological polar surface area (TPSA) is 92.2 Å². The second-order valence-corrected chi connectivity index (χ2v) is 8.61. The van der Waals surface area contributed by atoms with Crippen molar-refractivity contribution in [2.24, 2.45) is 0 Å². The zero-order valence-electron chi connectivity index (χ0n) is 19.4. The van der Waals surface area contributed by atoms with Gasteiger partial charge in [0.2, 0.25) is 5.91 Å². The third-order valence-electron chi connectivity index (χ3n) is 5.13. The van der Waals surface area contributed by atoms with Gasteiger partial charge in [0.05, 0.1) is 5.25 Å². The highest BCUT2D eigenvalue weighted by molar-refractivity contribution is 8.00. The van der Waals surface area contributed by atoms with E-state index in [-0.39, 0.29) is 0 Å². The van der Waals surface area contributed by atoms with Gasteiger partial charge in [-0.2, -0.15) is 0 Å². The quantitative estimate of drug-likeness (QED) is 0.461. The van der Waals surface area contributed by atoms with Crippen molar-refractivity contribution in [3.8, 4) is 17.1 Å². The van der Waals surface area contributed by atoms with Gasteiger partial charge in [-0.25, -0.2) is 4.79 Å². The molecule has 0 aliphatic carbocycles. The lowest BCUT2D eigenvalue weighted by atomic mass is 10.1. The van der Waals surface area contributed by atoms with E-state index in [9.17, 15) is 9.59 Å². The number of carbonyl (C=O) groups is 2. The number of amides is 3. The Balaban J connectivity index is 1.92. The number of nitrogens with zero attached hydrogens (tertiary/aromatic N) is 4. The standard InChI is InChI=1S/C24H30N6O2S/c1-5-25-23(32)26-22(31)17(4)33-24-28-27-21(30(24)20-11-9-8-10-12-20)18-13-15-19(16-14-18)29(6-2)7-3/h8-17H,5-7H2,1-4H3,(H2,25,26,31,32)/t17-/m1/s1. The largest absolute Gasteiger partial charge is 0.372 e. The fourth-order valence-corrected chi connectivity index (χ4v) is 4.25. The summed E-state index contributed by atoms with van der Waals surface area (Å²) in [5, 5.41) is 13.8. The Hall–Kier alpha value is -3.33. The van der Waals surface area contributed by atoms with E-state index in [1.54, 1.807) is 13.8 Å². The van der Waals surface area contributed by atoms with Gasteiger partial charge in [0.1, 0.15) is 0 Å². The molecular formula is C24H30N6O2S. The number of aromatic nitrogens is 3. The number of thioether (sulfide) groups is 1. The van der Waals surface area contributed by atoms with E-state index in [0.717, 1.165) is 30.0 Å². The van der Waals surface area contributed by atoms with E-state index in [0.29, 0.717) is 17.5 Å². The van der Waals surface area contributed by atoms with Crippen LogP contribution in [0.4, 0.5) is 10.5 Å². The van der Waals surface area contributed by atoms with Gasteiger partial charge in [-0.1, -0.05) is 30.0 Å². The molecule has 3 rings (SSSR count). The molecule has 0 fully saturated rings. The summed E-state index contributed by atoms with van der Waals surface area (Å²) < 4.78 is 1.94. The first-order valence-corrected chi connectivity index (χ1v) is 12.0. The Morgan fingerprint density at radius 3 is 2.27 bits per heavy atom. The van der Waals surface area contributed by atoms with Crippen molar-refractivity contribution >= 4 is 29.4 Å². The molecule has 0 aliphatic rings. The van der Waals surface area contributed by atoms with Gasteiger partial charge >= 0.3 is 6.03 Å². The minimum absolute atomic E-state index is 0.390. The molecule has 1 aromatic heterocycles. The maximum Gasteiger partial charge on any atom is 0.321 e. The molecule has 0 spiro atoms. The van der Waals surface area contributed by atoms with E-state index < -0.39 is 17.2 Å². The van der Waals surface area contributed by atoms with Crippen LogP contribution in [0.3, 0.4) is 0 Å². The van der Waals surface area contributed by atoms with E-state index >= 15 is 0 Å². The number of urea groups is 1. The maximum absolute atomic E-state index is 12.5. The highest BCUT2D eigenvalue weighted by Gasteiger charge is 2.23. The van der Waals surface area contributed by atoms with Crippen molar-refractivity contribution in [1.29, 1.82) is 0 Å². The van der Waals surface area contributed by atoms with Crippen LogP contribution in [0.15, 0.2) is 59.8 Å². The van der Waals surface area contributed by atoms with E-state index in [1.165, 1.54) is 11.8 Å². The number of nitrogens with one attached hydrogen (secondary N) is 2. The summed E-state index contributed by atoms with van der Waals surface area (Å²) in [6.45, 7) is 10.1. The van der Waals surface area contributed by atoms with Crippen LogP contribution in [0.5, 0.6) is 0 Å². The van der Waals surface area contributed by atoms with Crippen LogP contribution in [-0.4, -0.2) is 51.6 Å². The molecular weight excluding hydrogens is 436 g/mol. The molecule has 1 heterocycles. The van der Waals surface area contributed by atoms with Crippen molar-refractivity contribution in [3.63, 3.8) is 0 Å². The normalized spacial score (nSPS) is 11.6. The molecule has 0 radical (unpaired) electrons. The third kappa shape index (κ3) is 5.92. The molecule has 8 nitrogen and oxygen atoms in total. The summed E-state index contributed by atoms with van der Waals surface area (Å²) in [5.74, 6) is 0.296. The first kappa shape index (κ1) is 24.3. The Morgan fingerprint density at radius 1 is 1.00 bits per heavy atom. The molecule has 1 atom stereocenters. The predicted molar refractivity (Wildman–Crippen MR) is 133 cm³/mol. The molecule has 9 heteroatoms. The Labute approximate surface area is 198 Å². The number of para-hydroxylation sites is 1. The molecule has 2 aromatic carbocycles. The average Bonchev–Trinajstić information content (AvgIpc) is 3.24. The van der Waals surface area contributed by atoms with Gasteiger partial charge < -0.3 is 10.2 Å². The number of imide groups is 1. The lowest BCUT2D eigenvalue weighted by Gasteiger charge is -2.21. The number of hydrogen-bond acceptors (Lipinski definition) is 6. The molecule has 0 aliphatic heterocycles. The van der Waals surface area contributed by atoms with Gasteiger partial charge in [0.25, 0.3) is 0 Å². The van der Waals surface area contributed by atoms with Gasteiger partial charge in [-0.3, -0.25) is 14.7 Å². The average molecular weight is 467 g/mol. The molecule has 0 bridgehead atoms. The Bertz CT molecular complexity index is 1060. The van der Waals surface area contributed by atoms with Crippen LogP contribution in [0.25, 0.3) is 17.1 Å². The van der Waals surface area contributed by atoms with Gasteiger partial charge in [0, 0.05) is 36.6 Å². The van der Waals surface area contributed by atoms with Crippen molar-refractivity contribution in [2.75, 3.05) is 24.5 Å². The summed E-state index contributed by atoms with van der Waals surface area (Å²) in [6, 6.07) is 17.5. The summed E-state index contributed by atoms with van der Waals surface area (Å²) in [4.78, 5) is 26.5. The fourth-order valence-electron chi connectivity index (χ4n) is 3.38. The number of anilines is 1. The minimum atomic E-state index is -0.544. The smallest absolute Gasteiger partial charge is 0.321 e. The Morgan fingerprint density at radius 2 is 1.67 bits per heavy atom. The number of carbonyl (C=O) groups excluding carboxylic acids is 2. The van der Waals surface area contributed by atoms with Crippen LogP contribution < -0.4 is 15.5 Å². The monoisotopic (exact) mass is 466 g/mol. The maximum atomic E-state index is 12.5. The van der Waals surface area contributed by atoms with Crippen LogP contribution in [0.2, 0.25) is 0 Å². The van der Waals surface area contributed by atoms with Gasteiger partial charge in [0.15, 0.2) is 11.0 Å². The number of rotatable bonds is 9. The highest BCUT2D eigenvalue weighted by Crippen LogP contribution is 2.31. The van der Waals surface area contributed by atoms with Crippen LogP contribution in [0, 0.1) is 0 Å². The van der Waals surface area contributed by atoms with Crippen molar-refractivity contribution < 1.29 is 9.59 Å². The van der Waals surface area contributed by atoms with Crippen molar-refractivity contribution in [1.82, 2.24) is 25.4 Å². The minimum Gasteiger partial charge on any atom is -0.372 e. The van der Waals surface area contributed by atoms with Crippen molar-refractivity contribution in [3.05, 3.63) is 54.6 Å². The molecule has 0 saturated heterocycles. The first-order valence-electron chi connectivity index (χ1n) is 11.1. The second kappa shape index (κ2) is 11.5. The molecule has 174 valence electrons. The molecule has 2 N–H and O–H groups in total. The van der Waals surface area contributed by atoms with Crippen LogP contribution in [-0.2, 0) is 4.79 Å². The third-order valence-corrected chi connectivity index (χ3v) is 6.17. The van der Waals surface area contributed by atoms with Crippen LogP contribution in [0.1, 0.15) is 27.7 Å². The highest BCUT2D eigenvalue weighted by atomic mass is 32.2. The molecule has 3 aromatic rings. The SMILES string of the molecule is CCNC(=O)NC(=O)[C@@H](C)Sc1nnc(-c2ccc(N(CC)CC)cc2)n1-c1ccccc1. The summed E-state index contributed by atoms with van der Waals surface area (Å²) >= 11 is 1.25. The number of hydrogen-bond donors (Lipinski definition) is 2. The van der Waals surface area contributed by atoms with E-state index in [1.807, 2.05) is 47.0 Å². The zero-order valence-corrected chi connectivity index (χ0v) is 20.2. The first-order chi connectivity index (χ1) is 16.0. The summed E-state index contributed by atoms with van der Waals surface area (Å²) in [7, 11) is 0. The summed E-state index contributed by atoms with van der Waals surface area (Å²) in [6.07, 6.45) is 0. The predicted octanol–water partition coefficient (Wildman–Crippen LogP) is 4.11.